The zero-order valence-electron chi connectivity index (χ0n) is 16.1. The van der Waals surface area contributed by atoms with Crippen molar-refractivity contribution in [2.75, 3.05) is 19.6 Å². The topological polar surface area (TPSA) is 86.7 Å². The molecule has 1 unspecified atom stereocenters. The van der Waals surface area contributed by atoms with Crippen LogP contribution in [0.3, 0.4) is 0 Å². The minimum atomic E-state index is -3.55. The van der Waals surface area contributed by atoms with Crippen LogP contribution >= 0.6 is 11.3 Å². The monoisotopic (exact) mass is 422 g/mol. The van der Waals surface area contributed by atoms with Gasteiger partial charge >= 0.3 is 0 Å². The number of sulfonamides is 1. The van der Waals surface area contributed by atoms with Crippen molar-refractivity contribution in [3.63, 3.8) is 0 Å². The van der Waals surface area contributed by atoms with Crippen LogP contribution in [0.1, 0.15) is 41.9 Å². The fraction of sp³-hybridized carbons (Fsp3) is 0.450. The van der Waals surface area contributed by atoms with E-state index in [0.717, 1.165) is 17.7 Å². The Labute approximate surface area is 170 Å². The predicted molar refractivity (Wildman–Crippen MR) is 110 cm³/mol. The Morgan fingerprint density at radius 3 is 2.36 bits per heavy atom. The van der Waals surface area contributed by atoms with E-state index in [1.807, 2.05) is 17.5 Å². The van der Waals surface area contributed by atoms with E-state index in [1.54, 1.807) is 13.8 Å². The quantitative estimate of drug-likeness (QED) is 0.651. The minimum Gasteiger partial charge on any atom is -0.382 e. The first kappa shape index (κ1) is 21.0. The van der Waals surface area contributed by atoms with Gasteiger partial charge in [-0.05, 0) is 54.5 Å². The van der Waals surface area contributed by atoms with Crippen molar-refractivity contribution in [2.24, 2.45) is 5.92 Å². The molecule has 1 atom stereocenters. The number of nitrogens with one attached hydrogen (secondary N) is 1. The van der Waals surface area contributed by atoms with Gasteiger partial charge < -0.3 is 10.4 Å². The van der Waals surface area contributed by atoms with E-state index < -0.39 is 15.6 Å². The van der Waals surface area contributed by atoms with Gasteiger partial charge in [0.2, 0.25) is 10.0 Å². The molecule has 1 aromatic carbocycles. The third kappa shape index (κ3) is 4.15. The standard InChI is InChI=1S/C20H26N2O4S2/c1-3-22(4-2)28(25,26)17-11-7-15(8-12-17)19(23)21-14-20(24,16-9-10-16)18-6-5-13-27-18/h5-8,11-13,16,24H,3-4,9-10,14H2,1-2H3,(H,21,23). The van der Waals surface area contributed by atoms with Crippen molar-refractivity contribution in [2.45, 2.75) is 37.2 Å². The molecule has 1 aliphatic carbocycles. The lowest BCUT2D eigenvalue weighted by atomic mass is 9.95. The van der Waals surface area contributed by atoms with Crippen molar-refractivity contribution in [1.29, 1.82) is 0 Å². The summed E-state index contributed by atoms with van der Waals surface area (Å²) in [5, 5.41) is 15.8. The molecule has 2 N–H and O–H groups in total. The summed E-state index contributed by atoms with van der Waals surface area (Å²) in [5.41, 5.74) is -0.682. The average molecular weight is 423 g/mol. The molecule has 6 nitrogen and oxygen atoms in total. The molecule has 1 aromatic heterocycles. The summed E-state index contributed by atoms with van der Waals surface area (Å²) in [5.74, 6) is -0.171. The highest BCUT2D eigenvalue weighted by Crippen LogP contribution is 2.46. The number of thiophene rings is 1. The molecule has 8 heteroatoms. The second kappa shape index (κ2) is 8.32. The Morgan fingerprint density at radius 1 is 1.21 bits per heavy atom. The Balaban J connectivity index is 1.70. The van der Waals surface area contributed by atoms with Gasteiger partial charge in [-0.1, -0.05) is 19.9 Å². The maximum Gasteiger partial charge on any atom is 0.251 e. The summed E-state index contributed by atoms with van der Waals surface area (Å²) < 4.78 is 26.5. The first-order chi connectivity index (χ1) is 13.3. The molecule has 0 saturated heterocycles. The predicted octanol–water partition coefficient (Wildman–Crippen LogP) is 2.81. The fourth-order valence-electron chi connectivity index (χ4n) is 3.33. The summed E-state index contributed by atoms with van der Waals surface area (Å²) >= 11 is 1.48. The normalized spacial score (nSPS) is 16.7. The minimum absolute atomic E-state index is 0.135. The number of benzene rings is 1. The molecule has 1 fully saturated rings. The van der Waals surface area contributed by atoms with Crippen molar-refractivity contribution >= 4 is 27.3 Å². The van der Waals surface area contributed by atoms with Crippen LogP contribution < -0.4 is 5.32 Å². The highest BCUT2D eigenvalue weighted by atomic mass is 32.2. The molecule has 28 heavy (non-hydrogen) atoms. The Hall–Kier alpha value is -1.74. The zero-order valence-corrected chi connectivity index (χ0v) is 17.7. The second-order valence-corrected chi connectivity index (χ2v) is 9.86. The van der Waals surface area contributed by atoms with Crippen molar-refractivity contribution in [1.82, 2.24) is 9.62 Å². The number of aliphatic hydroxyl groups is 1. The van der Waals surface area contributed by atoms with E-state index >= 15 is 0 Å². The molecule has 0 aliphatic heterocycles. The molecule has 1 aliphatic rings. The largest absolute Gasteiger partial charge is 0.382 e. The zero-order chi connectivity index (χ0) is 20.4. The summed E-state index contributed by atoms with van der Waals surface area (Å²) in [7, 11) is -3.55. The lowest BCUT2D eigenvalue weighted by Gasteiger charge is -2.27. The number of carbonyl (C=O) groups is 1. The highest BCUT2D eigenvalue weighted by Gasteiger charge is 2.46. The number of hydrogen-bond acceptors (Lipinski definition) is 5. The first-order valence-electron chi connectivity index (χ1n) is 9.47. The molecule has 2 aromatic rings. The summed E-state index contributed by atoms with van der Waals surface area (Å²) in [6, 6.07) is 9.70. The molecule has 0 bridgehead atoms. The molecule has 152 valence electrons. The lowest BCUT2D eigenvalue weighted by molar-refractivity contribution is 0.0169. The van der Waals surface area contributed by atoms with E-state index in [9.17, 15) is 18.3 Å². The van der Waals surface area contributed by atoms with Crippen molar-refractivity contribution in [3.05, 3.63) is 52.2 Å². The first-order valence-corrected chi connectivity index (χ1v) is 11.8. The Bertz CT molecular complexity index is 902. The summed E-state index contributed by atoms with van der Waals surface area (Å²) in [4.78, 5) is 13.6. The van der Waals surface area contributed by atoms with Crippen LogP contribution in [0.4, 0.5) is 0 Å². The molecule has 1 heterocycles. The van der Waals surface area contributed by atoms with E-state index in [0.29, 0.717) is 18.7 Å². The number of rotatable bonds is 9. The van der Waals surface area contributed by atoms with E-state index in [1.165, 1.54) is 39.9 Å². The van der Waals surface area contributed by atoms with E-state index in [2.05, 4.69) is 5.32 Å². The summed E-state index contributed by atoms with van der Waals surface area (Å²) in [6.45, 7) is 4.50. The van der Waals surface area contributed by atoms with Crippen LogP contribution in [0.5, 0.6) is 0 Å². The van der Waals surface area contributed by atoms with Crippen LogP contribution in [0.25, 0.3) is 0 Å². The van der Waals surface area contributed by atoms with Gasteiger partial charge in [-0.15, -0.1) is 11.3 Å². The van der Waals surface area contributed by atoms with Crippen molar-refractivity contribution < 1.29 is 18.3 Å². The van der Waals surface area contributed by atoms with Crippen LogP contribution in [-0.2, 0) is 15.6 Å². The van der Waals surface area contributed by atoms with E-state index in [-0.39, 0.29) is 23.3 Å². The number of carbonyl (C=O) groups excluding carboxylic acids is 1. The molecule has 1 saturated carbocycles. The van der Waals surface area contributed by atoms with Gasteiger partial charge in [0.15, 0.2) is 0 Å². The maximum atomic E-state index is 12.5. The fourth-order valence-corrected chi connectivity index (χ4v) is 5.69. The van der Waals surface area contributed by atoms with Crippen molar-refractivity contribution in [3.8, 4) is 0 Å². The molecule has 0 spiro atoms. The highest BCUT2D eigenvalue weighted by molar-refractivity contribution is 7.89. The van der Waals surface area contributed by atoms with Gasteiger partial charge in [0.25, 0.3) is 5.91 Å². The Kier molecular flexibility index (Phi) is 6.24. The van der Waals surface area contributed by atoms with Crippen LogP contribution in [0, 0.1) is 5.92 Å². The molecule has 1 amide bonds. The van der Waals surface area contributed by atoms with Crippen LogP contribution in [-0.4, -0.2) is 43.4 Å². The van der Waals surface area contributed by atoms with Crippen LogP contribution in [0.2, 0.25) is 0 Å². The number of amides is 1. The number of hydrogen-bond donors (Lipinski definition) is 2. The smallest absolute Gasteiger partial charge is 0.251 e. The summed E-state index contributed by atoms with van der Waals surface area (Å²) in [6.07, 6.45) is 1.89. The molecular formula is C20H26N2O4S2. The second-order valence-electron chi connectivity index (χ2n) is 6.97. The van der Waals surface area contributed by atoms with Gasteiger partial charge in [-0.3, -0.25) is 4.79 Å². The SMILES string of the molecule is CCN(CC)S(=O)(=O)c1ccc(C(=O)NCC(O)(c2cccs2)C2CC2)cc1. The van der Waals surface area contributed by atoms with Gasteiger partial charge in [0, 0.05) is 23.5 Å². The van der Waals surface area contributed by atoms with E-state index in [4.69, 9.17) is 0 Å². The molecule has 0 radical (unpaired) electrons. The molecular weight excluding hydrogens is 396 g/mol. The third-order valence-corrected chi connectivity index (χ3v) is 8.28. The number of nitrogens with zero attached hydrogens (tertiary/aromatic N) is 1. The van der Waals surface area contributed by atoms with Gasteiger partial charge in [-0.2, -0.15) is 4.31 Å². The average Bonchev–Trinajstić information content (AvgIpc) is 3.41. The molecule has 3 rings (SSSR count). The lowest BCUT2D eigenvalue weighted by Crippen LogP contribution is -2.42. The van der Waals surface area contributed by atoms with Gasteiger partial charge in [0.1, 0.15) is 5.60 Å². The Morgan fingerprint density at radius 2 is 1.86 bits per heavy atom. The van der Waals surface area contributed by atoms with Gasteiger partial charge in [-0.25, -0.2) is 8.42 Å². The third-order valence-electron chi connectivity index (χ3n) is 5.18. The van der Waals surface area contributed by atoms with Gasteiger partial charge in [0.05, 0.1) is 11.4 Å². The maximum absolute atomic E-state index is 12.5. The van der Waals surface area contributed by atoms with Crippen LogP contribution in [0.15, 0.2) is 46.7 Å².